The molecule has 66 valence electrons. The van der Waals surface area contributed by atoms with Crippen LogP contribution in [0.4, 0.5) is 0 Å². The van der Waals surface area contributed by atoms with E-state index in [4.69, 9.17) is 11.5 Å². The van der Waals surface area contributed by atoms with E-state index >= 15 is 0 Å². The highest BCUT2D eigenvalue weighted by Gasteiger charge is 2.25. The molecule has 0 aliphatic heterocycles. The normalized spacial score (nSPS) is 39.0. The minimum atomic E-state index is 0.378. The molecule has 4 N–H and O–H groups in total. The van der Waals surface area contributed by atoms with Gasteiger partial charge in [-0.25, -0.2) is 0 Å². The maximum Gasteiger partial charge on any atom is 0.00794 e. The molecule has 0 radical (unpaired) electrons. The van der Waals surface area contributed by atoms with Crippen LogP contribution in [0.3, 0.4) is 0 Å². The first kappa shape index (κ1) is 9.01. The predicted molar refractivity (Wildman–Crippen MR) is 48.2 cm³/mol. The average Bonchev–Trinajstić information content (AvgIpc) is 2.05. The molecule has 11 heavy (non-hydrogen) atoms. The summed E-state index contributed by atoms with van der Waals surface area (Å²) in [6.45, 7) is 3.03. The summed E-state index contributed by atoms with van der Waals surface area (Å²) in [5.41, 5.74) is 11.6. The lowest BCUT2D eigenvalue weighted by atomic mass is 9.77. The zero-order valence-corrected chi connectivity index (χ0v) is 7.42. The smallest absolute Gasteiger partial charge is 0.00794 e. The topological polar surface area (TPSA) is 52.0 Å². The molecule has 1 aliphatic carbocycles. The summed E-state index contributed by atoms with van der Waals surface area (Å²) in [5.74, 6) is 1.48. The van der Waals surface area contributed by atoms with Crippen molar-refractivity contribution < 1.29 is 0 Å². The molecule has 0 amide bonds. The van der Waals surface area contributed by atoms with Crippen LogP contribution in [0.25, 0.3) is 0 Å². The molecule has 0 saturated heterocycles. The minimum Gasteiger partial charge on any atom is -0.330 e. The molecule has 0 bridgehead atoms. The van der Waals surface area contributed by atoms with Gasteiger partial charge in [-0.2, -0.15) is 0 Å². The maximum absolute atomic E-state index is 5.93. The van der Waals surface area contributed by atoms with Crippen LogP contribution in [-0.4, -0.2) is 12.6 Å². The Morgan fingerprint density at radius 1 is 1.36 bits per heavy atom. The lowest BCUT2D eigenvalue weighted by Gasteiger charge is -2.32. The lowest BCUT2D eigenvalue weighted by Crippen LogP contribution is -2.40. The van der Waals surface area contributed by atoms with Gasteiger partial charge in [-0.15, -0.1) is 0 Å². The van der Waals surface area contributed by atoms with E-state index in [0.29, 0.717) is 12.0 Å². The van der Waals surface area contributed by atoms with Crippen molar-refractivity contribution in [2.24, 2.45) is 23.3 Å². The maximum atomic E-state index is 5.93. The molecule has 0 heterocycles. The molecule has 1 saturated carbocycles. The van der Waals surface area contributed by atoms with E-state index in [0.717, 1.165) is 12.5 Å². The third kappa shape index (κ3) is 2.17. The van der Waals surface area contributed by atoms with E-state index in [9.17, 15) is 0 Å². The Bertz CT molecular complexity index is 114. The van der Waals surface area contributed by atoms with Crippen molar-refractivity contribution in [1.82, 2.24) is 0 Å². The van der Waals surface area contributed by atoms with Gasteiger partial charge in [0.05, 0.1) is 0 Å². The highest BCUT2D eigenvalue weighted by atomic mass is 14.7. The van der Waals surface area contributed by atoms with E-state index in [1.165, 1.54) is 25.7 Å². The molecule has 1 aliphatic rings. The summed E-state index contributed by atoms with van der Waals surface area (Å²) >= 11 is 0. The van der Waals surface area contributed by atoms with Crippen molar-refractivity contribution in [3.63, 3.8) is 0 Å². The molecular formula is C9H20N2. The zero-order valence-electron chi connectivity index (χ0n) is 7.42. The van der Waals surface area contributed by atoms with Crippen LogP contribution in [0.15, 0.2) is 0 Å². The summed E-state index contributed by atoms with van der Waals surface area (Å²) in [5, 5.41) is 0. The fourth-order valence-corrected chi connectivity index (χ4v) is 2.03. The van der Waals surface area contributed by atoms with Gasteiger partial charge in [0, 0.05) is 6.04 Å². The van der Waals surface area contributed by atoms with Crippen molar-refractivity contribution in [1.29, 1.82) is 0 Å². The number of hydrogen-bond acceptors (Lipinski definition) is 2. The van der Waals surface area contributed by atoms with E-state index in [1.54, 1.807) is 0 Å². The van der Waals surface area contributed by atoms with Gasteiger partial charge < -0.3 is 11.5 Å². The molecule has 0 aromatic rings. The van der Waals surface area contributed by atoms with Crippen molar-refractivity contribution >= 4 is 0 Å². The molecule has 3 atom stereocenters. The Balaban J connectivity index is 2.37. The van der Waals surface area contributed by atoms with E-state index in [1.807, 2.05) is 0 Å². The zero-order chi connectivity index (χ0) is 8.27. The van der Waals surface area contributed by atoms with Crippen LogP contribution in [-0.2, 0) is 0 Å². The first-order valence-electron chi connectivity index (χ1n) is 4.73. The molecule has 0 aromatic heterocycles. The number of rotatable bonds is 2. The second-order valence-electron chi connectivity index (χ2n) is 3.75. The largest absolute Gasteiger partial charge is 0.330 e. The van der Waals surface area contributed by atoms with Crippen molar-refractivity contribution in [2.75, 3.05) is 6.54 Å². The quantitative estimate of drug-likeness (QED) is 0.629. The number of nitrogens with two attached hydrogens (primary N) is 2. The minimum absolute atomic E-state index is 0.378. The first-order valence-corrected chi connectivity index (χ1v) is 4.73. The first-order chi connectivity index (χ1) is 5.27. The summed E-state index contributed by atoms with van der Waals surface area (Å²) in [7, 11) is 0. The second-order valence-corrected chi connectivity index (χ2v) is 3.75. The summed E-state index contributed by atoms with van der Waals surface area (Å²) in [6.07, 6.45) is 5.05. The molecule has 3 unspecified atom stereocenters. The van der Waals surface area contributed by atoms with E-state index in [2.05, 4.69) is 6.92 Å². The fraction of sp³-hybridized carbons (Fsp3) is 1.00. The highest BCUT2D eigenvalue weighted by molar-refractivity contribution is 4.82. The summed E-state index contributed by atoms with van der Waals surface area (Å²) in [4.78, 5) is 0. The lowest BCUT2D eigenvalue weighted by molar-refractivity contribution is 0.233. The molecule has 0 spiro atoms. The average molecular weight is 156 g/mol. The van der Waals surface area contributed by atoms with Gasteiger partial charge in [0.1, 0.15) is 0 Å². The van der Waals surface area contributed by atoms with Crippen LogP contribution >= 0.6 is 0 Å². The Morgan fingerprint density at radius 2 is 2.09 bits per heavy atom. The van der Waals surface area contributed by atoms with E-state index < -0.39 is 0 Å². The third-order valence-corrected chi connectivity index (χ3v) is 3.03. The van der Waals surface area contributed by atoms with Gasteiger partial charge >= 0.3 is 0 Å². The monoisotopic (exact) mass is 156 g/mol. The molecule has 1 rings (SSSR count). The molecule has 0 aromatic carbocycles. The van der Waals surface area contributed by atoms with Gasteiger partial charge in [0.15, 0.2) is 0 Å². The molecular weight excluding hydrogens is 136 g/mol. The Labute approximate surface area is 69.3 Å². The molecule has 2 nitrogen and oxygen atoms in total. The SMILES string of the molecule is CCC1CCC(N)C(CN)C1. The van der Waals surface area contributed by atoms with Crippen LogP contribution in [0.1, 0.15) is 32.6 Å². The van der Waals surface area contributed by atoms with Crippen LogP contribution < -0.4 is 11.5 Å². The van der Waals surface area contributed by atoms with Crippen molar-refractivity contribution in [2.45, 2.75) is 38.6 Å². The Kier molecular flexibility index (Phi) is 3.34. The van der Waals surface area contributed by atoms with Gasteiger partial charge in [-0.3, -0.25) is 0 Å². The third-order valence-electron chi connectivity index (χ3n) is 3.03. The Morgan fingerprint density at radius 3 is 2.64 bits per heavy atom. The van der Waals surface area contributed by atoms with Gasteiger partial charge in [0.2, 0.25) is 0 Å². The van der Waals surface area contributed by atoms with Crippen molar-refractivity contribution in [3.05, 3.63) is 0 Å². The van der Waals surface area contributed by atoms with Crippen LogP contribution in [0, 0.1) is 11.8 Å². The number of hydrogen-bond donors (Lipinski definition) is 2. The second kappa shape index (κ2) is 4.07. The van der Waals surface area contributed by atoms with Gasteiger partial charge in [-0.05, 0) is 37.6 Å². The fourth-order valence-electron chi connectivity index (χ4n) is 2.03. The van der Waals surface area contributed by atoms with Gasteiger partial charge in [-0.1, -0.05) is 13.3 Å². The predicted octanol–water partition coefficient (Wildman–Crippen LogP) is 1.10. The Hall–Kier alpha value is -0.0800. The molecule has 1 fully saturated rings. The van der Waals surface area contributed by atoms with Gasteiger partial charge in [0.25, 0.3) is 0 Å². The van der Waals surface area contributed by atoms with Crippen LogP contribution in [0.5, 0.6) is 0 Å². The van der Waals surface area contributed by atoms with E-state index in [-0.39, 0.29) is 0 Å². The summed E-state index contributed by atoms with van der Waals surface area (Å²) in [6, 6.07) is 0.378. The molecule has 2 heteroatoms. The summed E-state index contributed by atoms with van der Waals surface area (Å²) < 4.78 is 0. The standard InChI is InChI=1S/C9H20N2/c1-2-7-3-4-9(11)8(5-7)6-10/h7-9H,2-6,10-11H2,1H3. The van der Waals surface area contributed by atoms with Crippen molar-refractivity contribution in [3.8, 4) is 0 Å². The highest BCUT2D eigenvalue weighted by Crippen LogP contribution is 2.29. The van der Waals surface area contributed by atoms with Crippen LogP contribution in [0.2, 0.25) is 0 Å².